The van der Waals surface area contributed by atoms with Gasteiger partial charge in [0.2, 0.25) is 0 Å². The van der Waals surface area contributed by atoms with E-state index < -0.39 is 0 Å². The number of cyclic esters (lactones) is 1. The fourth-order valence-corrected chi connectivity index (χ4v) is 9.11. The minimum absolute atomic E-state index is 0.195. The Labute approximate surface area is 313 Å². The molecule has 0 aromatic heterocycles. The third kappa shape index (κ3) is 7.30. The van der Waals surface area contributed by atoms with Crippen LogP contribution in [0.4, 0.5) is 5.69 Å². The lowest BCUT2D eigenvalue weighted by Gasteiger charge is -2.47. The number of nitrogens with zero attached hydrogens (tertiary/aromatic N) is 2. The van der Waals surface area contributed by atoms with Crippen molar-refractivity contribution >= 4 is 11.7 Å². The van der Waals surface area contributed by atoms with Gasteiger partial charge in [0.1, 0.15) is 24.7 Å². The van der Waals surface area contributed by atoms with E-state index in [-0.39, 0.29) is 11.9 Å². The minimum Gasteiger partial charge on any atom is -0.494 e. The first-order valence-corrected chi connectivity index (χ1v) is 19.5. The maximum absolute atomic E-state index is 11.8. The molecule has 270 valence electrons. The van der Waals surface area contributed by atoms with E-state index in [1.54, 1.807) is 0 Å². The van der Waals surface area contributed by atoms with Crippen molar-refractivity contribution in [3.8, 4) is 11.5 Å². The van der Waals surface area contributed by atoms with Crippen LogP contribution in [0.15, 0.2) is 121 Å². The Bertz CT molecular complexity index is 2020. The molecule has 0 N–H and O–H groups in total. The molecule has 0 unspecified atom stereocenters. The maximum Gasteiger partial charge on any atom is 0.338 e. The monoisotopic (exact) mass is 704 g/mol. The van der Waals surface area contributed by atoms with Crippen molar-refractivity contribution in [3.05, 3.63) is 160 Å². The van der Waals surface area contributed by atoms with Gasteiger partial charge in [-0.1, -0.05) is 78.9 Å². The molecule has 0 saturated carbocycles. The first kappa shape index (κ1) is 33.7. The Morgan fingerprint density at radius 3 is 2.25 bits per heavy atom. The highest BCUT2D eigenvalue weighted by atomic mass is 16.5. The van der Waals surface area contributed by atoms with Crippen molar-refractivity contribution in [2.75, 3.05) is 37.7 Å². The summed E-state index contributed by atoms with van der Waals surface area (Å²) in [5.74, 6) is 3.10. The lowest BCUT2D eigenvalue weighted by molar-refractivity contribution is 0.0305. The van der Waals surface area contributed by atoms with Gasteiger partial charge in [0.25, 0.3) is 0 Å². The molecule has 3 heterocycles. The van der Waals surface area contributed by atoms with Crippen LogP contribution in [-0.2, 0) is 24.4 Å². The molecular formula is C47H48N2O4. The molecule has 3 aliphatic heterocycles. The Morgan fingerprint density at radius 1 is 0.698 bits per heavy atom. The van der Waals surface area contributed by atoms with Crippen LogP contribution in [0.2, 0.25) is 0 Å². The van der Waals surface area contributed by atoms with Crippen LogP contribution in [0.5, 0.6) is 11.5 Å². The average Bonchev–Trinajstić information content (AvgIpc) is 3.58. The van der Waals surface area contributed by atoms with E-state index in [1.165, 1.54) is 59.4 Å². The standard InChI is InChI=1S/C47H48N2O4/c50-47-45-19-14-40(27-38(45)32-53-47)48-24-21-39(22-25-48)49-29-34(30-49)23-26-51-41-15-11-36(12-16-41)46-43(35-9-5-2-6-10-35)18-13-37-28-42(17-20-44(37)46)52-31-33-7-3-1-4-8-33/h1-12,14-17,19-20,27-28,34,39,43,46H,13,18,21-26,29-32H2/t43-,46+/m1/s1. The number of ether oxygens (including phenoxy) is 3. The van der Waals surface area contributed by atoms with E-state index in [9.17, 15) is 4.79 Å². The number of carbonyl (C=O) groups is 1. The number of hydrogen-bond acceptors (Lipinski definition) is 6. The predicted molar refractivity (Wildman–Crippen MR) is 209 cm³/mol. The van der Waals surface area contributed by atoms with Crippen LogP contribution in [0.1, 0.15) is 81.3 Å². The van der Waals surface area contributed by atoms with Crippen LogP contribution >= 0.6 is 0 Å². The highest BCUT2D eigenvalue weighted by molar-refractivity contribution is 5.93. The molecule has 2 atom stereocenters. The van der Waals surface area contributed by atoms with Crippen molar-refractivity contribution in [3.63, 3.8) is 0 Å². The molecule has 0 amide bonds. The maximum atomic E-state index is 11.8. The third-order valence-electron chi connectivity index (χ3n) is 12.1. The Morgan fingerprint density at radius 2 is 1.45 bits per heavy atom. The fraction of sp³-hybridized carbons (Fsp3) is 0.340. The Hall–Kier alpha value is -5.07. The molecule has 2 fully saturated rings. The van der Waals surface area contributed by atoms with Crippen LogP contribution in [0.25, 0.3) is 0 Å². The zero-order valence-electron chi connectivity index (χ0n) is 30.4. The van der Waals surface area contributed by atoms with Gasteiger partial charge >= 0.3 is 5.97 Å². The molecule has 6 heteroatoms. The first-order valence-electron chi connectivity index (χ1n) is 19.5. The molecule has 4 aliphatic rings. The van der Waals surface area contributed by atoms with E-state index in [0.717, 1.165) is 61.6 Å². The molecule has 1 aliphatic carbocycles. The summed E-state index contributed by atoms with van der Waals surface area (Å²) in [5.41, 5.74) is 9.67. The first-order chi connectivity index (χ1) is 26.1. The molecule has 5 aromatic carbocycles. The minimum atomic E-state index is -0.195. The second kappa shape index (κ2) is 15.1. The van der Waals surface area contributed by atoms with Crippen molar-refractivity contribution in [1.82, 2.24) is 4.90 Å². The summed E-state index contributed by atoms with van der Waals surface area (Å²) in [6.45, 7) is 6.20. The lowest BCUT2D eigenvalue weighted by Crippen LogP contribution is -2.55. The summed E-state index contributed by atoms with van der Waals surface area (Å²) in [7, 11) is 0. The highest BCUT2D eigenvalue weighted by Crippen LogP contribution is 2.47. The van der Waals surface area contributed by atoms with Gasteiger partial charge in [0, 0.05) is 49.4 Å². The number of piperidine rings is 1. The van der Waals surface area contributed by atoms with Crippen molar-refractivity contribution < 1.29 is 19.0 Å². The van der Waals surface area contributed by atoms with Gasteiger partial charge in [-0.25, -0.2) is 4.79 Å². The Balaban J connectivity index is 0.780. The van der Waals surface area contributed by atoms with Crippen LogP contribution < -0.4 is 14.4 Å². The number of likely N-dealkylation sites (tertiary alicyclic amines) is 1. The van der Waals surface area contributed by atoms with Gasteiger partial charge in [-0.05, 0) is 114 Å². The molecule has 0 bridgehead atoms. The lowest BCUT2D eigenvalue weighted by atomic mass is 9.69. The number of anilines is 1. The Kier molecular flexibility index (Phi) is 9.62. The summed E-state index contributed by atoms with van der Waals surface area (Å²) in [6.07, 6.45) is 5.60. The van der Waals surface area contributed by atoms with Crippen molar-refractivity contribution in [2.45, 2.75) is 63.2 Å². The fourth-order valence-electron chi connectivity index (χ4n) is 9.11. The van der Waals surface area contributed by atoms with E-state index >= 15 is 0 Å². The number of aryl methyl sites for hydroxylation is 1. The van der Waals surface area contributed by atoms with Gasteiger partial charge < -0.3 is 19.1 Å². The normalized spacial score (nSPS) is 20.3. The predicted octanol–water partition coefficient (Wildman–Crippen LogP) is 9.17. The topological polar surface area (TPSA) is 51.2 Å². The molecule has 0 radical (unpaired) electrons. The smallest absolute Gasteiger partial charge is 0.338 e. The third-order valence-corrected chi connectivity index (χ3v) is 12.1. The van der Waals surface area contributed by atoms with Gasteiger partial charge in [-0.15, -0.1) is 0 Å². The number of benzene rings is 5. The molecule has 53 heavy (non-hydrogen) atoms. The highest BCUT2D eigenvalue weighted by Gasteiger charge is 2.35. The van der Waals surface area contributed by atoms with Gasteiger partial charge in [-0.3, -0.25) is 4.90 Å². The summed E-state index contributed by atoms with van der Waals surface area (Å²) < 4.78 is 17.8. The van der Waals surface area contributed by atoms with Gasteiger partial charge in [0.05, 0.1) is 12.2 Å². The van der Waals surface area contributed by atoms with Crippen LogP contribution in [0.3, 0.4) is 0 Å². The molecular weight excluding hydrogens is 657 g/mol. The molecule has 5 aromatic rings. The number of rotatable bonds is 11. The van der Waals surface area contributed by atoms with E-state index in [0.29, 0.717) is 31.1 Å². The summed E-state index contributed by atoms with van der Waals surface area (Å²) in [6, 6.07) is 43.9. The summed E-state index contributed by atoms with van der Waals surface area (Å²) in [4.78, 5) is 17.0. The van der Waals surface area contributed by atoms with Crippen molar-refractivity contribution in [1.29, 1.82) is 0 Å². The molecule has 0 spiro atoms. The number of carbonyl (C=O) groups excluding carboxylic acids is 1. The summed E-state index contributed by atoms with van der Waals surface area (Å²) in [5, 5.41) is 0. The SMILES string of the molecule is O=C1OCc2cc(N3CCC(N4CC(CCOc5ccc([C@@H]6c7ccc(OCc8ccccc8)cc7CC[C@@H]6c6ccccc6)cc5)C4)CC3)ccc21. The quantitative estimate of drug-likeness (QED) is 0.128. The number of esters is 1. The zero-order chi connectivity index (χ0) is 35.6. The van der Waals surface area contributed by atoms with Crippen LogP contribution in [0, 0.1) is 5.92 Å². The van der Waals surface area contributed by atoms with Crippen LogP contribution in [-0.4, -0.2) is 49.7 Å². The number of hydrogen-bond donors (Lipinski definition) is 0. The molecule has 9 rings (SSSR count). The largest absolute Gasteiger partial charge is 0.494 e. The molecule has 2 saturated heterocycles. The van der Waals surface area contributed by atoms with E-state index in [4.69, 9.17) is 14.2 Å². The van der Waals surface area contributed by atoms with Crippen molar-refractivity contribution in [2.24, 2.45) is 5.92 Å². The number of fused-ring (bicyclic) bond motifs is 2. The van der Waals surface area contributed by atoms with E-state index in [2.05, 4.69) is 119 Å². The van der Waals surface area contributed by atoms with Gasteiger partial charge in [0.15, 0.2) is 0 Å². The van der Waals surface area contributed by atoms with E-state index in [1.807, 2.05) is 12.1 Å². The second-order valence-corrected chi connectivity index (χ2v) is 15.3. The average molecular weight is 705 g/mol. The summed E-state index contributed by atoms with van der Waals surface area (Å²) >= 11 is 0. The second-order valence-electron chi connectivity index (χ2n) is 15.3. The zero-order valence-corrected chi connectivity index (χ0v) is 30.4. The van der Waals surface area contributed by atoms with Gasteiger partial charge in [-0.2, -0.15) is 0 Å². The molecule has 6 nitrogen and oxygen atoms in total.